The first kappa shape index (κ1) is 19.6. The van der Waals surface area contributed by atoms with Gasteiger partial charge in [0.05, 0.1) is 12.2 Å². The van der Waals surface area contributed by atoms with Crippen LogP contribution in [0.4, 0.5) is 0 Å². The summed E-state index contributed by atoms with van der Waals surface area (Å²) >= 11 is 0. The SMILES string of the molecule is Cc1cc(C)n(CCCNC(=O)CN2CCN(Cc3ccccc3)CC2)n1. The number of amides is 1. The van der Waals surface area contributed by atoms with Crippen LogP contribution in [0, 0.1) is 13.8 Å². The lowest BCUT2D eigenvalue weighted by Gasteiger charge is -2.34. The molecule has 3 rings (SSSR count). The number of nitrogens with one attached hydrogen (secondary N) is 1. The van der Waals surface area contributed by atoms with Crippen molar-refractivity contribution in [3.8, 4) is 0 Å². The summed E-state index contributed by atoms with van der Waals surface area (Å²) in [6.07, 6.45) is 0.901. The summed E-state index contributed by atoms with van der Waals surface area (Å²) in [5.41, 5.74) is 3.57. The molecule has 146 valence electrons. The highest BCUT2D eigenvalue weighted by Gasteiger charge is 2.18. The third kappa shape index (κ3) is 6.19. The van der Waals surface area contributed by atoms with E-state index < -0.39 is 0 Å². The topological polar surface area (TPSA) is 53.4 Å². The number of hydrogen-bond acceptors (Lipinski definition) is 4. The standard InChI is InChI=1S/C21H31N5O/c1-18-15-19(2)26(23-18)10-6-9-22-21(27)17-25-13-11-24(12-14-25)16-20-7-4-3-5-8-20/h3-5,7-8,15H,6,9-14,16-17H2,1-2H3,(H,22,27). The quantitative estimate of drug-likeness (QED) is 0.721. The number of carbonyl (C=O) groups is 1. The minimum atomic E-state index is 0.125. The minimum Gasteiger partial charge on any atom is -0.355 e. The fourth-order valence-corrected chi connectivity index (χ4v) is 3.56. The van der Waals surface area contributed by atoms with Crippen LogP contribution >= 0.6 is 0 Å². The molecule has 2 heterocycles. The molecule has 0 saturated carbocycles. The maximum atomic E-state index is 12.2. The van der Waals surface area contributed by atoms with Crippen molar-refractivity contribution in [1.82, 2.24) is 24.9 Å². The molecule has 0 bridgehead atoms. The molecule has 0 radical (unpaired) electrons. The molecule has 6 nitrogen and oxygen atoms in total. The summed E-state index contributed by atoms with van der Waals surface area (Å²) in [7, 11) is 0. The van der Waals surface area contributed by atoms with Gasteiger partial charge in [0, 0.05) is 51.5 Å². The predicted molar refractivity (Wildman–Crippen MR) is 107 cm³/mol. The number of rotatable bonds is 8. The average Bonchev–Trinajstić information content (AvgIpc) is 2.98. The predicted octanol–water partition coefficient (Wildman–Crippen LogP) is 1.82. The van der Waals surface area contributed by atoms with Crippen LogP contribution in [0.3, 0.4) is 0 Å². The van der Waals surface area contributed by atoms with Crippen molar-refractivity contribution in [2.45, 2.75) is 33.4 Å². The first-order valence-electron chi connectivity index (χ1n) is 9.86. The second kappa shape index (κ2) is 9.67. The lowest BCUT2D eigenvalue weighted by atomic mass is 10.2. The second-order valence-corrected chi connectivity index (χ2v) is 7.39. The molecule has 1 aromatic heterocycles. The van der Waals surface area contributed by atoms with Crippen molar-refractivity contribution in [2.75, 3.05) is 39.3 Å². The molecule has 0 unspecified atom stereocenters. The molecule has 2 aromatic rings. The zero-order valence-electron chi connectivity index (χ0n) is 16.5. The van der Waals surface area contributed by atoms with Gasteiger partial charge in [-0.3, -0.25) is 19.3 Å². The zero-order valence-corrected chi connectivity index (χ0v) is 16.5. The van der Waals surface area contributed by atoms with E-state index in [9.17, 15) is 4.79 Å². The number of nitrogens with zero attached hydrogens (tertiary/aromatic N) is 4. The molecule has 27 heavy (non-hydrogen) atoms. The minimum absolute atomic E-state index is 0.125. The van der Waals surface area contributed by atoms with Crippen LogP contribution < -0.4 is 5.32 Å². The second-order valence-electron chi connectivity index (χ2n) is 7.39. The molecule has 0 spiro atoms. The van der Waals surface area contributed by atoms with Crippen molar-refractivity contribution in [3.63, 3.8) is 0 Å². The van der Waals surface area contributed by atoms with Gasteiger partial charge in [0.1, 0.15) is 0 Å². The third-order valence-electron chi connectivity index (χ3n) is 5.05. The largest absolute Gasteiger partial charge is 0.355 e. The highest BCUT2D eigenvalue weighted by Crippen LogP contribution is 2.08. The molecule has 1 aliphatic rings. The summed E-state index contributed by atoms with van der Waals surface area (Å²) in [4.78, 5) is 16.9. The molecular formula is C21H31N5O. The first-order valence-corrected chi connectivity index (χ1v) is 9.86. The van der Waals surface area contributed by atoms with Gasteiger partial charge in [0.25, 0.3) is 0 Å². The molecule has 1 aliphatic heterocycles. The van der Waals surface area contributed by atoms with E-state index in [0.717, 1.165) is 51.4 Å². The van der Waals surface area contributed by atoms with E-state index in [-0.39, 0.29) is 5.91 Å². The van der Waals surface area contributed by atoms with Crippen LogP contribution in [0.5, 0.6) is 0 Å². The van der Waals surface area contributed by atoms with E-state index in [4.69, 9.17) is 0 Å². The average molecular weight is 370 g/mol. The van der Waals surface area contributed by atoms with Gasteiger partial charge >= 0.3 is 0 Å². The zero-order chi connectivity index (χ0) is 19.1. The van der Waals surface area contributed by atoms with Crippen molar-refractivity contribution < 1.29 is 4.79 Å². The Balaban J connectivity index is 1.29. The Morgan fingerprint density at radius 3 is 2.44 bits per heavy atom. The van der Waals surface area contributed by atoms with Gasteiger partial charge in [0.15, 0.2) is 0 Å². The van der Waals surface area contributed by atoms with Crippen LogP contribution in [0.25, 0.3) is 0 Å². The van der Waals surface area contributed by atoms with Crippen molar-refractivity contribution in [1.29, 1.82) is 0 Å². The smallest absolute Gasteiger partial charge is 0.234 e. The molecule has 6 heteroatoms. The van der Waals surface area contributed by atoms with Crippen LogP contribution in [-0.4, -0.2) is 64.8 Å². The van der Waals surface area contributed by atoms with E-state index in [1.807, 2.05) is 11.6 Å². The van der Waals surface area contributed by atoms with Crippen molar-refractivity contribution in [2.24, 2.45) is 0 Å². The highest BCUT2D eigenvalue weighted by molar-refractivity contribution is 5.77. The van der Waals surface area contributed by atoms with Gasteiger partial charge in [-0.05, 0) is 31.9 Å². The van der Waals surface area contributed by atoms with Gasteiger partial charge in [-0.25, -0.2) is 0 Å². The maximum absolute atomic E-state index is 12.2. The van der Waals surface area contributed by atoms with Gasteiger partial charge in [0.2, 0.25) is 5.91 Å². The summed E-state index contributed by atoms with van der Waals surface area (Å²) in [6, 6.07) is 12.7. The summed E-state index contributed by atoms with van der Waals surface area (Å²) in [5, 5.41) is 7.49. The Morgan fingerprint density at radius 2 is 1.78 bits per heavy atom. The number of hydrogen-bond donors (Lipinski definition) is 1. The van der Waals surface area contributed by atoms with Crippen LogP contribution in [-0.2, 0) is 17.9 Å². The number of carbonyl (C=O) groups excluding carboxylic acids is 1. The van der Waals surface area contributed by atoms with Gasteiger partial charge in [-0.15, -0.1) is 0 Å². The van der Waals surface area contributed by atoms with E-state index in [1.165, 1.54) is 11.3 Å². The Hall–Kier alpha value is -2.18. The molecule has 1 amide bonds. The number of benzene rings is 1. The van der Waals surface area contributed by atoms with Gasteiger partial charge in [-0.1, -0.05) is 30.3 Å². The maximum Gasteiger partial charge on any atom is 0.234 e. The Kier molecular flexibility index (Phi) is 7.01. The van der Waals surface area contributed by atoms with E-state index in [0.29, 0.717) is 13.1 Å². The molecule has 1 aromatic carbocycles. The number of aromatic nitrogens is 2. The lowest BCUT2D eigenvalue weighted by molar-refractivity contribution is -0.122. The van der Waals surface area contributed by atoms with Crippen molar-refractivity contribution >= 4 is 5.91 Å². The third-order valence-corrected chi connectivity index (χ3v) is 5.05. The van der Waals surface area contributed by atoms with Crippen molar-refractivity contribution in [3.05, 3.63) is 53.3 Å². The monoisotopic (exact) mass is 369 g/mol. The van der Waals surface area contributed by atoms with Crippen LogP contribution in [0.1, 0.15) is 23.4 Å². The fraction of sp³-hybridized carbons (Fsp3) is 0.524. The first-order chi connectivity index (χ1) is 13.1. The van der Waals surface area contributed by atoms with Crippen LogP contribution in [0.2, 0.25) is 0 Å². The number of piperazine rings is 1. The summed E-state index contributed by atoms with van der Waals surface area (Å²) < 4.78 is 2.01. The van der Waals surface area contributed by atoms with Gasteiger partial charge < -0.3 is 5.32 Å². The highest BCUT2D eigenvalue weighted by atomic mass is 16.2. The van der Waals surface area contributed by atoms with E-state index in [2.05, 4.69) is 63.5 Å². The summed E-state index contributed by atoms with van der Waals surface area (Å²) in [5.74, 6) is 0.125. The lowest BCUT2D eigenvalue weighted by Crippen LogP contribution is -2.49. The van der Waals surface area contributed by atoms with Gasteiger partial charge in [-0.2, -0.15) is 5.10 Å². The fourth-order valence-electron chi connectivity index (χ4n) is 3.56. The molecule has 0 aliphatic carbocycles. The number of aryl methyl sites for hydroxylation is 3. The Labute approximate surface area is 162 Å². The van der Waals surface area contributed by atoms with Crippen LogP contribution in [0.15, 0.2) is 36.4 Å². The van der Waals surface area contributed by atoms with E-state index in [1.54, 1.807) is 0 Å². The molecule has 1 N–H and O–H groups in total. The molecular weight excluding hydrogens is 338 g/mol. The Bertz CT molecular complexity index is 719. The van der Waals surface area contributed by atoms with E-state index >= 15 is 0 Å². The summed E-state index contributed by atoms with van der Waals surface area (Å²) in [6.45, 7) is 11.0. The normalized spacial score (nSPS) is 15.8. The molecule has 1 fully saturated rings. The Morgan fingerprint density at radius 1 is 1.07 bits per heavy atom. The molecule has 0 atom stereocenters. The molecule has 1 saturated heterocycles.